The first-order valence-corrected chi connectivity index (χ1v) is 8.29. The van der Waals surface area contributed by atoms with Gasteiger partial charge in [0.25, 0.3) is 0 Å². The highest BCUT2D eigenvalue weighted by molar-refractivity contribution is 5.27. The van der Waals surface area contributed by atoms with E-state index in [1.807, 2.05) is 0 Å². The smallest absolute Gasteiger partial charge is 0.0233 e. The summed E-state index contributed by atoms with van der Waals surface area (Å²) in [6, 6.07) is 21.9. The van der Waals surface area contributed by atoms with Crippen molar-refractivity contribution in [3.8, 4) is 0 Å². The van der Waals surface area contributed by atoms with Gasteiger partial charge in [-0.25, -0.2) is 0 Å². The number of piperidine rings is 1. The maximum Gasteiger partial charge on any atom is 0.0233 e. The van der Waals surface area contributed by atoms with Crippen LogP contribution in [-0.2, 0) is 12.0 Å². The van der Waals surface area contributed by atoms with Gasteiger partial charge in [-0.2, -0.15) is 0 Å². The van der Waals surface area contributed by atoms with Gasteiger partial charge in [0.15, 0.2) is 0 Å². The Balaban J connectivity index is 1.68. The molecular weight excluding hydrogens is 268 g/mol. The Bertz CT molecular complexity index is 557. The van der Waals surface area contributed by atoms with E-state index < -0.39 is 0 Å². The van der Waals surface area contributed by atoms with Crippen LogP contribution in [0.2, 0.25) is 0 Å². The molecule has 1 aliphatic rings. The molecule has 2 heteroatoms. The minimum Gasteiger partial charge on any atom is -0.319 e. The van der Waals surface area contributed by atoms with E-state index in [4.69, 9.17) is 0 Å². The van der Waals surface area contributed by atoms with Crippen molar-refractivity contribution in [2.45, 2.75) is 24.8 Å². The van der Waals surface area contributed by atoms with Crippen molar-refractivity contribution in [3.63, 3.8) is 0 Å². The second-order valence-corrected chi connectivity index (χ2v) is 6.44. The van der Waals surface area contributed by atoms with Gasteiger partial charge < -0.3 is 5.32 Å². The summed E-state index contributed by atoms with van der Waals surface area (Å²) in [5, 5.41) is 3.42. The zero-order valence-electron chi connectivity index (χ0n) is 13.5. The van der Waals surface area contributed by atoms with E-state index in [1.165, 1.54) is 37.1 Å². The van der Waals surface area contributed by atoms with E-state index in [-0.39, 0.29) is 0 Å². The summed E-state index contributed by atoms with van der Waals surface area (Å²) in [6.45, 7) is 4.48. The molecule has 1 aliphatic heterocycles. The molecule has 1 saturated heterocycles. The van der Waals surface area contributed by atoms with E-state index in [0.29, 0.717) is 5.41 Å². The minimum absolute atomic E-state index is 0.295. The lowest BCUT2D eigenvalue weighted by Crippen LogP contribution is -2.47. The zero-order chi connectivity index (χ0) is 15.3. The lowest BCUT2D eigenvalue weighted by molar-refractivity contribution is 0.151. The summed E-state index contributed by atoms with van der Waals surface area (Å²) in [4.78, 5) is 2.59. The lowest BCUT2D eigenvalue weighted by Gasteiger charge is -2.42. The molecule has 0 radical (unpaired) electrons. The van der Waals surface area contributed by atoms with Gasteiger partial charge in [-0.05, 0) is 44.1 Å². The van der Waals surface area contributed by atoms with Gasteiger partial charge in [0, 0.05) is 18.5 Å². The number of nitrogens with one attached hydrogen (secondary N) is 1. The van der Waals surface area contributed by atoms with Crippen LogP contribution < -0.4 is 5.32 Å². The Morgan fingerprint density at radius 2 is 1.50 bits per heavy atom. The molecule has 2 aromatic carbocycles. The third kappa shape index (κ3) is 3.40. The average Bonchev–Trinajstić information content (AvgIpc) is 2.59. The number of nitrogens with zero attached hydrogens (tertiary/aromatic N) is 1. The topological polar surface area (TPSA) is 15.3 Å². The first-order chi connectivity index (χ1) is 10.8. The van der Waals surface area contributed by atoms with Gasteiger partial charge in [0.1, 0.15) is 0 Å². The molecule has 0 aromatic heterocycles. The van der Waals surface area contributed by atoms with Crippen LogP contribution in [0.3, 0.4) is 0 Å². The quantitative estimate of drug-likeness (QED) is 0.909. The van der Waals surface area contributed by atoms with Crippen LogP contribution >= 0.6 is 0 Å². The molecule has 1 fully saturated rings. The second-order valence-electron chi connectivity index (χ2n) is 6.44. The molecule has 3 rings (SSSR count). The van der Waals surface area contributed by atoms with Crippen LogP contribution in [0.25, 0.3) is 0 Å². The third-order valence-corrected chi connectivity index (χ3v) is 4.96. The molecule has 0 spiro atoms. The Morgan fingerprint density at radius 3 is 2.09 bits per heavy atom. The fraction of sp³-hybridized carbons (Fsp3) is 0.400. The molecule has 0 aliphatic carbocycles. The molecule has 0 saturated carbocycles. The van der Waals surface area contributed by atoms with Crippen LogP contribution in [0, 0.1) is 0 Å². The van der Waals surface area contributed by atoms with Crippen molar-refractivity contribution < 1.29 is 0 Å². The number of hydrogen-bond acceptors (Lipinski definition) is 2. The second kappa shape index (κ2) is 7.08. The molecule has 0 bridgehead atoms. The van der Waals surface area contributed by atoms with E-state index in [9.17, 15) is 0 Å². The Kier molecular flexibility index (Phi) is 4.91. The Hall–Kier alpha value is -1.64. The van der Waals surface area contributed by atoms with Crippen LogP contribution in [0.1, 0.15) is 24.0 Å². The summed E-state index contributed by atoms with van der Waals surface area (Å²) >= 11 is 0. The van der Waals surface area contributed by atoms with Crippen LogP contribution in [0.15, 0.2) is 60.7 Å². The predicted octanol–water partition coefficient (Wildman–Crippen LogP) is 3.44. The number of hydrogen-bond donors (Lipinski definition) is 1. The van der Waals surface area contributed by atoms with Crippen molar-refractivity contribution in [1.29, 1.82) is 0 Å². The fourth-order valence-corrected chi connectivity index (χ4v) is 3.68. The zero-order valence-corrected chi connectivity index (χ0v) is 13.5. The highest BCUT2D eigenvalue weighted by atomic mass is 15.1. The van der Waals surface area contributed by atoms with Crippen molar-refractivity contribution in [3.05, 3.63) is 71.8 Å². The van der Waals surface area contributed by atoms with Crippen LogP contribution in [0.4, 0.5) is 0 Å². The number of likely N-dealkylation sites (N-methyl/N-ethyl adjacent to an activating group) is 1. The summed E-state index contributed by atoms with van der Waals surface area (Å²) in [6.07, 6.45) is 2.45. The van der Waals surface area contributed by atoms with Gasteiger partial charge in [-0.1, -0.05) is 60.7 Å². The highest BCUT2D eigenvalue weighted by Gasteiger charge is 2.35. The van der Waals surface area contributed by atoms with Gasteiger partial charge in [-0.3, -0.25) is 4.90 Å². The van der Waals surface area contributed by atoms with Crippen LogP contribution in [-0.4, -0.2) is 31.6 Å². The molecule has 0 unspecified atom stereocenters. The summed E-state index contributed by atoms with van der Waals surface area (Å²) < 4.78 is 0. The number of benzene rings is 2. The maximum atomic E-state index is 3.42. The van der Waals surface area contributed by atoms with Gasteiger partial charge >= 0.3 is 0 Å². The monoisotopic (exact) mass is 294 g/mol. The summed E-state index contributed by atoms with van der Waals surface area (Å²) in [5.41, 5.74) is 3.20. The first-order valence-electron chi connectivity index (χ1n) is 8.29. The van der Waals surface area contributed by atoms with E-state index in [2.05, 4.69) is 77.9 Å². The molecule has 1 N–H and O–H groups in total. The molecule has 2 aromatic rings. The van der Waals surface area contributed by atoms with Crippen molar-refractivity contribution >= 4 is 0 Å². The van der Waals surface area contributed by atoms with Crippen molar-refractivity contribution in [2.24, 2.45) is 0 Å². The van der Waals surface area contributed by atoms with Crippen molar-refractivity contribution in [2.75, 3.05) is 26.7 Å². The molecular formula is C20H26N2. The largest absolute Gasteiger partial charge is 0.319 e. The predicted molar refractivity (Wildman–Crippen MR) is 93.0 cm³/mol. The van der Waals surface area contributed by atoms with E-state index >= 15 is 0 Å². The normalized spacial score (nSPS) is 18.2. The molecule has 1 heterocycles. The Morgan fingerprint density at radius 1 is 0.909 bits per heavy atom. The van der Waals surface area contributed by atoms with Gasteiger partial charge in [0.05, 0.1) is 0 Å². The molecule has 116 valence electrons. The molecule has 2 nitrogen and oxygen atoms in total. The van der Waals surface area contributed by atoms with Crippen LogP contribution in [0.5, 0.6) is 0 Å². The van der Waals surface area contributed by atoms with Crippen molar-refractivity contribution in [1.82, 2.24) is 10.2 Å². The maximum absolute atomic E-state index is 3.42. The SMILES string of the molecule is CNCC1(c2ccccc2)CCN(Cc2ccccc2)CC1. The average molecular weight is 294 g/mol. The fourth-order valence-electron chi connectivity index (χ4n) is 3.68. The lowest BCUT2D eigenvalue weighted by atomic mass is 9.72. The molecule has 0 atom stereocenters. The van der Waals surface area contributed by atoms with E-state index in [0.717, 1.165) is 13.1 Å². The number of rotatable bonds is 5. The summed E-state index contributed by atoms with van der Waals surface area (Å²) in [5.74, 6) is 0. The minimum atomic E-state index is 0.295. The first kappa shape index (κ1) is 15.3. The Labute approximate surface area is 134 Å². The highest BCUT2D eigenvalue weighted by Crippen LogP contribution is 2.35. The van der Waals surface area contributed by atoms with E-state index in [1.54, 1.807) is 0 Å². The third-order valence-electron chi connectivity index (χ3n) is 4.96. The van der Waals surface area contributed by atoms with Gasteiger partial charge in [0.2, 0.25) is 0 Å². The summed E-state index contributed by atoms with van der Waals surface area (Å²) in [7, 11) is 2.07. The standard InChI is InChI=1S/C20H26N2/c1-21-17-20(19-10-6-3-7-11-19)12-14-22(15-13-20)16-18-8-4-2-5-9-18/h2-11,21H,12-17H2,1H3. The van der Waals surface area contributed by atoms with Gasteiger partial charge in [-0.15, -0.1) is 0 Å². The number of likely N-dealkylation sites (tertiary alicyclic amines) is 1. The molecule has 0 amide bonds. The molecule has 22 heavy (non-hydrogen) atoms.